The second-order valence-electron chi connectivity index (χ2n) is 3.55. The van der Waals surface area contributed by atoms with Crippen molar-refractivity contribution in [2.75, 3.05) is 0 Å². The highest BCUT2D eigenvalue weighted by atomic mass is 32.1. The Bertz CT molecular complexity index is 457. The molecular formula is C10H10N2S. The summed E-state index contributed by atoms with van der Waals surface area (Å²) >= 11 is 1.76. The summed E-state index contributed by atoms with van der Waals surface area (Å²) < 4.78 is 1.29. The highest BCUT2D eigenvalue weighted by Gasteiger charge is 2.27. The molecule has 0 spiro atoms. The number of fused-ring (bicyclic) bond motifs is 1. The van der Waals surface area contributed by atoms with Gasteiger partial charge in [-0.15, -0.1) is 11.3 Å². The number of hydrogen-bond donors (Lipinski definition) is 0. The van der Waals surface area contributed by atoms with Crippen LogP contribution >= 0.6 is 11.3 Å². The van der Waals surface area contributed by atoms with Crippen LogP contribution in [-0.4, -0.2) is 9.97 Å². The molecule has 3 rings (SSSR count). The van der Waals surface area contributed by atoms with Crippen molar-refractivity contribution in [3.8, 4) is 0 Å². The van der Waals surface area contributed by atoms with Crippen LogP contribution in [0, 0.1) is 6.92 Å². The van der Waals surface area contributed by atoms with Gasteiger partial charge < -0.3 is 0 Å². The van der Waals surface area contributed by atoms with Crippen molar-refractivity contribution in [1.82, 2.24) is 9.97 Å². The van der Waals surface area contributed by atoms with Gasteiger partial charge in [0.1, 0.15) is 5.52 Å². The lowest BCUT2D eigenvalue weighted by atomic mass is 10.2. The van der Waals surface area contributed by atoms with Gasteiger partial charge in [-0.2, -0.15) is 0 Å². The number of pyridine rings is 1. The van der Waals surface area contributed by atoms with Crippen molar-refractivity contribution < 1.29 is 0 Å². The van der Waals surface area contributed by atoms with Gasteiger partial charge in [-0.3, -0.25) is 4.98 Å². The van der Waals surface area contributed by atoms with Gasteiger partial charge in [-0.05, 0) is 25.8 Å². The van der Waals surface area contributed by atoms with Gasteiger partial charge in [0.2, 0.25) is 0 Å². The Labute approximate surface area is 80.6 Å². The van der Waals surface area contributed by atoms with Crippen molar-refractivity contribution in [3.05, 3.63) is 23.0 Å². The number of rotatable bonds is 1. The monoisotopic (exact) mass is 190 g/mol. The Balaban J connectivity index is 2.31. The molecule has 13 heavy (non-hydrogen) atoms. The lowest BCUT2D eigenvalue weighted by Crippen LogP contribution is -1.86. The SMILES string of the molecule is Cc1nc2c(C3CC3)nccc2s1. The first-order valence-electron chi connectivity index (χ1n) is 4.56. The van der Waals surface area contributed by atoms with Gasteiger partial charge in [-0.1, -0.05) is 0 Å². The topological polar surface area (TPSA) is 25.8 Å². The molecule has 0 N–H and O–H groups in total. The minimum absolute atomic E-state index is 0.699. The molecule has 0 radical (unpaired) electrons. The van der Waals surface area contributed by atoms with E-state index in [0.29, 0.717) is 5.92 Å². The molecule has 2 aromatic heterocycles. The van der Waals surface area contributed by atoms with Crippen LogP contribution in [0.3, 0.4) is 0 Å². The van der Waals surface area contributed by atoms with Crippen molar-refractivity contribution in [2.45, 2.75) is 25.7 Å². The Morgan fingerprint density at radius 1 is 1.46 bits per heavy atom. The van der Waals surface area contributed by atoms with E-state index in [9.17, 15) is 0 Å². The van der Waals surface area contributed by atoms with Crippen molar-refractivity contribution in [3.63, 3.8) is 0 Å². The van der Waals surface area contributed by atoms with E-state index >= 15 is 0 Å². The molecule has 0 aromatic carbocycles. The van der Waals surface area contributed by atoms with Crippen LogP contribution in [0.5, 0.6) is 0 Å². The minimum atomic E-state index is 0.699. The van der Waals surface area contributed by atoms with E-state index in [0.717, 1.165) is 10.5 Å². The molecule has 0 atom stereocenters. The standard InChI is InChI=1S/C10H10N2S/c1-6-12-10-8(13-6)4-5-11-9(10)7-2-3-7/h4-5,7H,2-3H2,1H3. The molecule has 0 bridgehead atoms. The summed E-state index contributed by atoms with van der Waals surface area (Å²) in [6.07, 6.45) is 4.50. The zero-order chi connectivity index (χ0) is 8.84. The number of aromatic nitrogens is 2. The van der Waals surface area contributed by atoms with Crippen LogP contribution < -0.4 is 0 Å². The summed E-state index contributed by atoms with van der Waals surface area (Å²) in [6.45, 7) is 2.06. The molecule has 0 saturated heterocycles. The predicted molar refractivity (Wildman–Crippen MR) is 54.1 cm³/mol. The Kier molecular flexibility index (Phi) is 1.44. The van der Waals surface area contributed by atoms with Crippen molar-refractivity contribution in [2.24, 2.45) is 0 Å². The predicted octanol–water partition coefficient (Wildman–Crippen LogP) is 2.88. The molecule has 1 aliphatic rings. The number of nitrogens with zero attached hydrogens (tertiary/aromatic N) is 2. The molecule has 2 aromatic rings. The highest BCUT2D eigenvalue weighted by Crippen LogP contribution is 2.42. The zero-order valence-corrected chi connectivity index (χ0v) is 8.27. The molecule has 1 aliphatic carbocycles. The van der Waals surface area contributed by atoms with Gasteiger partial charge in [0, 0.05) is 12.1 Å². The second-order valence-corrected chi connectivity index (χ2v) is 4.78. The summed E-state index contributed by atoms with van der Waals surface area (Å²) in [4.78, 5) is 8.96. The lowest BCUT2D eigenvalue weighted by molar-refractivity contribution is 1.04. The fraction of sp³-hybridized carbons (Fsp3) is 0.400. The Morgan fingerprint density at radius 2 is 2.31 bits per heavy atom. The first-order valence-corrected chi connectivity index (χ1v) is 5.38. The largest absolute Gasteiger partial charge is 0.259 e. The van der Waals surface area contributed by atoms with Gasteiger partial charge in [0.25, 0.3) is 0 Å². The van der Waals surface area contributed by atoms with E-state index in [-0.39, 0.29) is 0 Å². The quantitative estimate of drug-likeness (QED) is 0.691. The van der Waals surface area contributed by atoms with Gasteiger partial charge in [0.05, 0.1) is 15.4 Å². The van der Waals surface area contributed by atoms with E-state index < -0.39 is 0 Å². The van der Waals surface area contributed by atoms with E-state index in [1.807, 2.05) is 6.20 Å². The number of aryl methyl sites for hydroxylation is 1. The molecule has 2 nitrogen and oxygen atoms in total. The Morgan fingerprint density at radius 3 is 3.08 bits per heavy atom. The molecule has 2 heterocycles. The van der Waals surface area contributed by atoms with Gasteiger partial charge in [0.15, 0.2) is 0 Å². The number of hydrogen-bond acceptors (Lipinski definition) is 3. The summed E-state index contributed by atoms with van der Waals surface area (Å²) in [6, 6.07) is 2.06. The molecule has 0 unspecified atom stereocenters. The molecule has 0 amide bonds. The maximum absolute atomic E-state index is 4.53. The van der Waals surface area contributed by atoms with Crippen LogP contribution in [0.4, 0.5) is 0 Å². The third kappa shape index (κ3) is 1.15. The first kappa shape index (κ1) is 7.44. The van der Waals surface area contributed by atoms with Crippen LogP contribution in [0.1, 0.15) is 29.5 Å². The summed E-state index contributed by atoms with van der Waals surface area (Å²) in [7, 11) is 0. The lowest BCUT2D eigenvalue weighted by Gasteiger charge is -1.96. The average molecular weight is 190 g/mol. The summed E-state index contributed by atoms with van der Waals surface area (Å²) in [5.41, 5.74) is 2.37. The first-order chi connectivity index (χ1) is 6.34. The van der Waals surface area contributed by atoms with E-state index in [1.54, 1.807) is 11.3 Å². The van der Waals surface area contributed by atoms with Crippen LogP contribution in [0.2, 0.25) is 0 Å². The second kappa shape index (κ2) is 2.51. The van der Waals surface area contributed by atoms with Gasteiger partial charge >= 0.3 is 0 Å². The van der Waals surface area contributed by atoms with Crippen LogP contribution in [0.15, 0.2) is 12.3 Å². The highest BCUT2D eigenvalue weighted by molar-refractivity contribution is 7.18. The number of thiazole rings is 1. The molecule has 1 fully saturated rings. The molecule has 0 aliphatic heterocycles. The zero-order valence-electron chi connectivity index (χ0n) is 7.45. The maximum atomic E-state index is 4.53. The molecular weight excluding hydrogens is 180 g/mol. The molecule has 3 heteroatoms. The van der Waals surface area contributed by atoms with Crippen molar-refractivity contribution in [1.29, 1.82) is 0 Å². The fourth-order valence-electron chi connectivity index (χ4n) is 1.64. The van der Waals surface area contributed by atoms with E-state index in [2.05, 4.69) is 23.0 Å². The van der Waals surface area contributed by atoms with Crippen LogP contribution in [0.25, 0.3) is 10.2 Å². The summed E-state index contributed by atoms with van der Waals surface area (Å²) in [5, 5.41) is 1.14. The van der Waals surface area contributed by atoms with E-state index in [1.165, 1.54) is 23.2 Å². The minimum Gasteiger partial charge on any atom is -0.259 e. The van der Waals surface area contributed by atoms with Crippen LogP contribution in [-0.2, 0) is 0 Å². The third-order valence-electron chi connectivity index (χ3n) is 2.41. The van der Waals surface area contributed by atoms with Crippen molar-refractivity contribution >= 4 is 21.6 Å². The maximum Gasteiger partial charge on any atom is 0.103 e. The smallest absolute Gasteiger partial charge is 0.103 e. The summed E-state index contributed by atoms with van der Waals surface area (Å²) in [5.74, 6) is 0.699. The van der Waals surface area contributed by atoms with Gasteiger partial charge in [-0.25, -0.2) is 4.98 Å². The van der Waals surface area contributed by atoms with E-state index in [4.69, 9.17) is 0 Å². The molecule has 66 valence electrons. The normalized spacial score (nSPS) is 16.7. The molecule has 1 saturated carbocycles. The average Bonchev–Trinajstić information content (AvgIpc) is 2.86. The Hall–Kier alpha value is -0.960. The third-order valence-corrected chi connectivity index (χ3v) is 3.34. The fourth-order valence-corrected chi connectivity index (χ4v) is 2.47.